The number of hydrogen-bond donors (Lipinski definition) is 1. The zero-order valence-electron chi connectivity index (χ0n) is 9.05. The Morgan fingerprint density at radius 1 is 1.00 bits per heavy atom. The fourth-order valence-electron chi connectivity index (χ4n) is 1.81. The molecule has 18 heavy (non-hydrogen) atoms. The van der Waals surface area contributed by atoms with Gasteiger partial charge in [-0.1, -0.05) is 46.9 Å². The van der Waals surface area contributed by atoms with Gasteiger partial charge >= 0.3 is 0 Å². The van der Waals surface area contributed by atoms with E-state index in [1.54, 1.807) is 12.1 Å². The van der Waals surface area contributed by atoms with E-state index in [0.717, 1.165) is 11.0 Å². The number of hydrogen-bond acceptors (Lipinski definition) is 1. The lowest BCUT2D eigenvalue weighted by Crippen LogP contribution is -1.83. The van der Waals surface area contributed by atoms with Gasteiger partial charge in [0.05, 0.1) is 21.1 Å². The van der Waals surface area contributed by atoms with Crippen LogP contribution in [0.4, 0.5) is 0 Å². The number of halogens is 3. The van der Waals surface area contributed by atoms with Crippen molar-refractivity contribution in [2.75, 3.05) is 0 Å². The maximum atomic E-state index is 6.18. The molecule has 1 heterocycles. The first kappa shape index (κ1) is 11.8. The van der Waals surface area contributed by atoms with E-state index in [0.29, 0.717) is 26.5 Å². The van der Waals surface area contributed by atoms with Gasteiger partial charge in [-0.3, -0.25) is 0 Å². The summed E-state index contributed by atoms with van der Waals surface area (Å²) in [6, 6.07) is 11.1. The highest BCUT2D eigenvalue weighted by molar-refractivity contribution is 6.45. The average Bonchev–Trinajstić information content (AvgIpc) is 2.77. The van der Waals surface area contributed by atoms with E-state index < -0.39 is 0 Å². The van der Waals surface area contributed by atoms with Gasteiger partial charge in [0, 0.05) is 10.6 Å². The topological polar surface area (TPSA) is 28.7 Å². The fourth-order valence-corrected chi connectivity index (χ4v) is 2.50. The van der Waals surface area contributed by atoms with E-state index in [1.165, 1.54) is 0 Å². The number of aromatic nitrogens is 2. The summed E-state index contributed by atoms with van der Waals surface area (Å²) in [5, 5.41) is 1.39. The summed E-state index contributed by atoms with van der Waals surface area (Å²) in [6.45, 7) is 0. The monoisotopic (exact) mass is 296 g/mol. The third-order valence-corrected chi connectivity index (χ3v) is 3.66. The maximum Gasteiger partial charge on any atom is 0.140 e. The van der Waals surface area contributed by atoms with Gasteiger partial charge in [-0.2, -0.15) is 0 Å². The molecule has 0 bridgehead atoms. The third kappa shape index (κ3) is 1.97. The number of para-hydroxylation sites is 2. The van der Waals surface area contributed by atoms with Crippen LogP contribution in [-0.2, 0) is 0 Å². The molecule has 0 saturated carbocycles. The predicted octanol–water partition coefficient (Wildman–Crippen LogP) is 5.19. The van der Waals surface area contributed by atoms with Crippen molar-refractivity contribution in [1.82, 2.24) is 9.97 Å². The van der Waals surface area contributed by atoms with E-state index in [4.69, 9.17) is 34.8 Å². The number of aromatic amines is 1. The molecule has 0 fully saturated rings. The molecule has 5 heteroatoms. The average molecular weight is 298 g/mol. The van der Waals surface area contributed by atoms with E-state index in [2.05, 4.69) is 9.97 Å². The second-order valence-electron chi connectivity index (χ2n) is 3.85. The van der Waals surface area contributed by atoms with Gasteiger partial charge in [0.15, 0.2) is 0 Å². The minimum absolute atomic E-state index is 0.416. The Labute approximate surface area is 119 Å². The van der Waals surface area contributed by atoms with Crippen LogP contribution in [0.3, 0.4) is 0 Å². The van der Waals surface area contributed by atoms with Gasteiger partial charge in [0.2, 0.25) is 0 Å². The number of fused-ring (bicyclic) bond motifs is 1. The molecule has 0 aliphatic heterocycles. The Hall–Kier alpha value is -1.22. The van der Waals surface area contributed by atoms with Gasteiger partial charge in [0.1, 0.15) is 5.82 Å². The van der Waals surface area contributed by atoms with E-state index >= 15 is 0 Å². The molecule has 0 aliphatic carbocycles. The highest BCUT2D eigenvalue weighted by Gasteiger charge is 2.12. The summed E-state index contributed by atoms with van der Waals surface area (Å²) in [4.78, 5) is 7.66. The van der Waals surface area contributed by atoms with E-state index in [9.17, 15) is 0 Å². The molecular formula is C13H7Cl3N2. The van der Waals surface area contributed by atoms with Crippen LogP contribution in [0.1, 0.15) is 0 Å². The Morgan fingerprint density at radius 2 is 1.78 bits per heavy atom. The first-order valence-electron chi connectivity index (χ1n) is 5.25. The number of nitrogens with one attached hydrogen (secondary N) is 1. The summed E-state index contributed by atoms with van der Waals surface area (Å²) in [5.74, 6) is 0.658. The Bertz CT molecular complexity index is 701. The summed E-state index contributed by atoms with van der Waals surface area (Å²) >= 11 is 18.2. The second-order valence-corrected chi connectivity index (χ2v) is 5.07. The molecule has 1 aromatic heterocycles. The van der Waals surface area contributed by atoms with E-state index in [-0.39, 0.29) is 0 Å². The molecule has 1 N–H and O–H groups in total. The van der Waals surface area contributed by atoms with Crippen LogP contribution in [0.25, 0.3) is 22.4 Å². The van der Waals surface area contributed by atoms with Gasteiger partial charge in [-0.15, -0.1) is 0 Å². The van der Waals surface area contributed by atoms with Crippen molar-refractivity contribution in [3.05, 3.63) is 51.5 Å². The number of benzene rings is 2. The van der Waals surface area contributed by atoms with Crippen LogP contribution in [0.5, 0.6) is 0 Å². The van der Waals surface area contributed by atoms with Gasteiger partial charge in [-0.25, -0.2) is 4.98 Å². The standard InChI is InChI=1S/C13H7Cl3N2/c14-7-5-8(12(16)9(15)6-7)13-17-10-3-1-2-4-11(10)18-13/h1-6H,(H,17,18). The quantitative estimate of drug-likeness (QED) is 0.615. The smallest absolute Gasteiger partial charge is 0.140 e. The molecule has 0 unspecified atom stereocenters. The van der Waals surface area contributed by atoms with Crippen LogP contribution < -0.4 is 0 Å². The van der Waals surface area contributed by atoms with Crippen LogP contribution in [0, 0.1) is 0 Å². The van der Waals surface area contributed by atoms with Crippen molar-refractivity contribution < 1.29 is 0 Å². The van der Waals surface area contributed by atoms with Gasteiger partial charge in [-0.05, 0) is 24.3 Å². The summed E-state index contributed by atoms with van der Waals surface area (Å²) in [7, 11) is 0. The molecule has 0 radical (unpaired) electrons. The number of imidazole rings is 1. The molecule has 0 saturated heterocycles. The van der Waals surface area contributed by atoms with Crippen molar-refractivity contribution in [2.45, 2.75) is 0 Å². The fraction of sp³-hybridized carbons (Fsp3) is 0. The molecule has 3 aromatic rings. The van der Waals surface area contributed by atoms with Crippen molar-refractivity contribution in [3.63, 3.8) is 0 Å². The summed E-state index contributed by atoms with van der Waals surface area (Å²) < 4.78 is 0. The van der Waals surface area contributed by atoms with Gasteiger partial charge in [0.25, 0.3) is 0 Å². The highest BCUT2D eigenvalue weighted by Crippen LogP contribution is 2.35. The first-order valence-corrected chi connectivity index (χ1v) is 6.38. The van der Waals surface area contributed by atoms with E-state index in [1.807, 2.05) is 24.3 Å². The molecule has 2 nitrogen and oxygen atoms in total. The maximum absolute atomic E-state index is 6.18. The zero-order valence-corrected chi connectivity index (χ0v) is 11.3. The van der Waals surface area contributed by atoms with Crippen LogP contribution in [0.15, 0.2) is 36.4 Å². The minimum atomic E-state index is 0.416. The number of rotatable bonds is 1. The van der Waals surface area contributed by atoms with Crippen LogP contribution >= 0.6 is 34.8 Å². The first-order chi connectivity index (χ1) is 8.65. The van der Waals surface area contributed by atoms with Crippen molar-refractivity contribution in [2.24, 2.45) is 0 Å². The zero-order chi connectivity index (χ0) is 12.7. The number of H-pyrrole nitrogens is 1. The Kier molecular flexibility index (Phi) is 2.94. The molecule has 3 rings (SSSR count). The van der Waals surface area contributed by atoms with Crippen LogP contribution in [0.2, 0.25) is 15.1 Å². The van der Waals surface area contributed by atoms with Gasteiger partial charge < -0.3 is 4.98 Å². The molecule has 90 valence electrons. The lowest BCUT2D eigenvalue weighted by molar-refractivity contribution is 1.34. The molecular weight excluding hydrogens is 291 g/mol. The Balaban J connectivity index is 2.26. The van der Waals surface area contributed by atoms with Crippen LogP contribution in [-0.4, -0.2) is 9.97 Å². The molecule has 0 atom stereocenters. The second kappa shape index (κ2) is 4.47. The third-order valence-electron chi connectivity index (χ3n) is 2.64. The molecule has 0 spiro atoms. The normalized spacial score (nSPS) is 11.1. The van der Waals surface area contributed by atoms with Crippen molar-refractivity contribution in [3.8, 4) is 11.4 Å². The molecule has 0 aliphatic rings. The Morgan fingerprint density at radius 3 is 2.56 bits per heavy atom. The summed E-state index contributed by atoms with van der Waals surface area (Å²) in [5.41, 5.74) is 2.52. The molecule has 2 aromatic carbocycles. The lowest BCUT2D eigenvalue weighted by atomic mass is 10.2. The lowest BCUT2D eigenvalue weighted by Gasteiger charge is -2.03. The SMILES string of the molecule is Clc1cc(Cl)c(Cl)c(-c2nc3ccccc3[nH]2)c1. The largest absolute Gasteiger partial charge is 0.338 e. The predicted molar refractivity (Wildman–Crippen MR) is 76.6 cm³/mol. The minimum Gasteiger partial charge on any atom is -0.338 e. The van der Waals surface area contributed by atoms with Crippen molar-refractivity contribution >= 4 is 45.8 Å². The number of nitrogens with zero attached hydrogens (tertiary/aromatic N) is 1. The summed E-state index contributed by atoms with van der Waals surface area (Å²) in [6.07, 6.45) is 0. The van der Waals surface area contributed by atoms with Crippen molar-refractivity contribution in [1.29, 1.82) is 0 Å². The highest BCUT2D eigenvalue weighted by atomic mass is 35.5. The molecule has 0 amide bonds.